The van der Waals surface area contributed by atoms with E-state index in [-0.39, 0.29) is 5.69 Å². The van der Waals surface area contributed by atoms with E-state index in [1.165, 1.54) is 25.3 Å². The topological polar surface area (TPSA) is 41.9 Å². The lowest BCUT2D eigenvalue weighted by atomic mass is 10.1. The average molecular weight is 598 g/mol. The zero-order chi connectivity index (χ0) is 19.8. The molecule has 0 spiro atoms. The molecule has 1 aliphatic rings. The molecule has 9 heteroatoms. The van der Waals surface area contributed by atoms with Gasteiger partial charge in [0.05, 0.1) is 21.9 Å². The summed E-state index contributed by atoms with van der Waals surface area (Å²) in [6, 6.07) is 11.5. The van der Waals surface area contributed by atoms with Crippen LogP contribution in [-0.2, 0) is 4.79 Å². The number of hydrogen-bond acceptors (Lipinski definition) is 3. The van der Waals surface area contributed by atoms with Crippen molar-refractivity contribution in [3.63, 3.8) is 0 Å². The molecule has 1 amide bonds. The molecule has 0 aromatic heterocycles. The fraction of sp³-hybridized carbons (Fsp3) is 0.111. The second-order valence-electron chi connectivity index (χ2n) is 5.47. The highest BCUT2D eigenvalue weighted by Crippen LogP contribution is 2.35. The lowest BCUT2D eigenvalue weighted by Gasteiger charge is -2.12. The molecule has 0 unspecified atom stereocenters. The van der Waals surface area contributed by atoms with Gasteiger partial charge in [-0.25, -0.2) is 0 Å². The number of nitrogens with zero attached hydrogens (tertiary/aromatic N) is 2. The summed E-state index contributed by atoms with van der Waals surface area (Å²) in [4.78, 5) is 12.7. The van der Waals surface area contributed by atoms with Crippen LogP contribution in [0.1, 0.15) is 5.56 Å². The summed E-state index contributed by atoms with van der Waals surface area (Å²) in [7, 11) is 1.43. The highest BCUT2D eigenvalue weighted by atomic mass is 127. The maximum absolute atomic E-state index is 13.5. The minimum Gasteiger partial charge on any atom is -0.495 e. The summed E-state index contributed by atoms with van der Waals surface area (Å²) < 4.78 is 47.4. The number of anilines is 1. The van der Waals surface area contributed by atoms with E-state index in [0.717, 1.165) is 12.1 Å². The van der Waals surface area contributed by atoms with Crippen molar-refractivity contribution in [3.05, 3.63) is 60.7 Å². The molecule has 0 fully saturated rings. The second-order valence-corrected chi connectivity index (χ2v) is 7.87. The van der Waals surface area contributed by atoms with Gasteiger partial charge in [0.1, 0.15) is 5.75 Å². The SMILES string of the molecule is COc1c(I)cc(I)cc1/C=C1\C(=O)N(c2ccccc2)N=C1C(F)(F)F. The smallest absolute Gasteiger partial charge is 0.435 e. The third-order valence-corrected chi connectivity index (χ3v) is 5.11. The molecule has 27 heavy (non-hydrogen) atoms. The summed E-state index contributed by atoms with van der Waals surface area (Å²) >= 11 is 4.08. The molecule has 4 nitrogen and oxygen atoms in total. The number of rotatable bonds is 3. The fourth-order valence-electron chi connectivity index (χ4n) is 2.56. The molecule has 1 heterocycles. The Morgan fingerprint density at radius 1 is 1.15 bits per heavy atom. The number of benzene rings is 2. The zero-order valence-electron chi connectivity index (χ0n) is 13.7. The number of halogens is 5. The minimum atomic E-state index is -4.77. The van der Waals surface area contributed by atoms with Crippen LogP contribution in [0.15, 0.2) is 53.1 Å². The van der Waals surface area contributed by atoms with Crippen LogP contribution in [0.5, 0.6) is 5.75 Å². The summed E-state index contributed by atoms with van der Waals surface area (Å²) in [5.41, 5.74) is -1.12. The molecule has 0 saturated heterocycles. The standard InChI is InChI=1S/C18H11F3I2N2O2/c1-27-15-10(7-11(22)9-14(15)23)8-13-16(18(19,20)21)24-25(17(13)26)12-5-3-2-4-6-12/h2-9H,1H3/b13-8-. The van der Waals surface area contributed by atoms with E-state index in [4.69, 9.17) is 4.74 Å². The van der Waals surface area contributed by atoms with Crippen LogP contribution < -0.4 is 9.75 Å². The Morgan fingerprint density at radius 2 is 1.81 bits per heavy atom. The van der Waals surface area contributed by atoms with Crippen LogP contribution in [0.4, 0.5) is 18.9 Å². The number of ether oxygens (including phenoxy) is 1. The van der Waals surface area contributed by atoms with Gasteiger partial charge in [0.2, 0.25) is 0 Å². The Morgan fingerprint density at radius 3 is 2.41 bits per heavy atom. The molecule has 0 bridgehead atoms. The quantitative estimate of drug-likeness (QED) is 0.358. The predicted molar refractivity (Wildman–Crippen MR) is 114 cm³/mol. The van der Waals surface area contributed by atoms with E-state index in [0.29, 0.717) is 11.3 Å². The minimum absolute atomic E-state index is 0.261. The molecule has 0 saturated carbocycles. The van der Waals surface area contributed by atoms with Gasteiger partial charge in [0.25, 0.3) is 5.91 Å². The van der Waals surface area contributed by atoms with E-state index in [1.807, 2.05) is 28.7 Å². The summed E-state index contributed by atoms with van der Waals surface area (Å²) in [5.74, 6) is -0.444. The van der Waals surface area contributed by atoms with Crippen molar-refractivity contribution in [1.29, 1.82) is 0 Å². The number of hydrogen-bond donors (Lipinski definition) is 0. The van der Waals surface area contributed by atoms with Gasteiger partial charge in [0.15, 0.2) is 5.71 Å². The molecule has 0 N–H and O–H groups in total. The van der Waals surface area contributed by atoms with Crippen molar-refractivity contribution >= 4 is 68.6 Å². The third kappa shape index (κ3) is 4.13. The number of methoxy groups -OCH3 is 1. The number of hydrazone groups is 1. The summed E-state index contributed by atoms with van der Waals surface area (Å²) in [5, 5.41) is 4.32. The van der Waals surface area contributed by atoms with Crippen LogP contribution in [0.25, 0.3) is 6.08 Å². The highest BCUT2D eigenvalue weighted by Gasteiger charge is 2.46. The largest absolute Gasteiger partial charge is 0.495 e. The first-order valence-electron chi connectivity index (χ1n) is 7.52. The summed E-state index contributed by atoms with van der Waals surface area (Å²) in [6.45, 7) is 0. The molecule has 140 valence electrons. The Kier molecular flexibility index (Phi) is 5.79. The molecule has 0 aliphatic carbocycles. The van der Waals surface area contributed by atoms with Gasteiger partial charge < -0.3 is 4.74 Å². The number of carbonyl (C=O) groups is 1. The number of amides is 1. The van der Waals surface area contributed by atoms with Gasteiger partial charge in [-0.1, -0.05) is 18.2 Å². The molecule has 0 radical (unpaired) electrons. The molecule has 2 aromatic rings. The van der Waals surface area contributed by atoms with Crippen molar-refractivity contribution in [2.45, 2.75) is 6.18 Å². The van der Waals surface area contributed by atoms with Gasteiger partial charge in [-0.3, -0.25) is 4.79 Å². The maximum atomic E-state index is 13.5. The number of alkyl halides is 3. The monoisotopic (exact) mass is 598 g/mol. The van der Waals surface area contributed by atoms with Gasteiger partial charge in [-0.15, -0.1) is 0 Å². The summed E-state index contributed by atoms with van der Waals surface area (Å²) in [6.07, 6.45) is -3.59. The Hall–Kier alpha value is -1.63. The van der Waals surface area contributed by atoms with Gasteiger partial charge in [-0.05, 0) is 75.5 Å². The number of para-hydroxylation sites is 1. The van der Waals surface area contributed by atoms with E-state index < -0.39 is 23.4 Å². The van der Waals surface area contributed by atoms with Crippen LogP contribution in [0.2, 0.25) is 0 Å². The molecule has 2 aromatic carbocycles. The van der Waals surface area contributed by atoms with E-state index in [9.17, 15) is 18.0 Å². The first-order valence-corrected chi connectivity index (χ1v) is 9.68. The molecule has 0 atom stereocenters. The van der Waals surface area contributed by atoms with Crippen LogP contribution in [0, 0.1) is 7.14 Å². The molecular weight excluding hydrogens is 587 g/mol. The van der Waals surface area contributed by atoms with E-state index in [2.05, 4.69) is 27.7 Å². The van der Waals surface area contributed by atoms with Crippen LogP contribution in [-0.4, -0.2) is 24.9 Å². The first-order chi connectivity index (χ1) is 12.7. The van der Waals surface area contributed by atoms with Gasteiger partial charge in [-0.2, -0.15) is 23.3 Å². The van der Waals surface area contributed by atoms with E-state index in [1.54, 1.807) is 24.3 Å². The first kappa shape index (κ1) is 20.1. The predicted octanol–water partition coefficient (Wildman–Crippen LogP) is 5.25. The van der Waals surface area contributed by atoms with Crippen molar-refractivity contribution in [2.75, 3.05) is 12.1 Å². The third-order valence-electron chi connectivity index (χ3n) is 3.69. The van der Waals surface area contributed by atoms with Crippen molar-refractivity contribution < 1.29 is 22.7 Å². The van der Waals surface area contributed by atoms with Gasteiger partial charge >= 0.3 is 6.18 Å². The maximum Gasteiger partial charge on any atom is 0.435 e. The second kappa shape index (κ2) is 7.78. The fourth-order valence-corrected chi connectivity index (χ4v) is 4.67. The van der Waals surface area contributed by atoms with Crippen LogP contribution in [0.3, 0.4) is 0 Å². The van der Waals surface area contributed by atoms with Gasteiger partial charge in [0, 0.05) is 9.13 Å². The van der Waals surface area contributed by atoms with Crippen molar-refractivity contribution in [3.8, 4) is 5.75 Å². The van der Waals surface area contributed by atoms with Crippen LogP contribution >= 0.6 is 45.2 Å². The average Bonchev–Trinajstić information content (AvgIpc) is 2.92. The number of carbonyl (C=O) groups excluding carboxylic acids is 1. The Bertz CT molecular complexity index is 957. The molecular formula is C18H11F3I2N2O2. The highest BCUT2D eigenvalue weighted by molar-refractivity contribution is 14.1. The zero-order valence-corrected chi connectivity index (χ0v) is 18.0. The Balaban J connectivity index is 2.16. The lowest BCUT2D eigenvalue weighted by molar-refractivity contribution is -0.114. The lowest BCUT2D eigenvalue weighted by Crippen LogP contribution is -2.25. The molecule has 3 rings (SSSR count). The van der Waals surface area contributed by atoms with E-state index >= 15 is 0 Å². The van der Waals surface area contributed by atoms with Crippen molar-refractivity contribution in [2.24, 2.45) is 5.10 Å². The normalized spacial score (nSPS) is 16.1. The molecule has 1 aliphatic heterocycles. The van der Waals surface area contributed by atoms with Crippen molar-refractivity contribution in [1.82, 2.24) is 0 Å². The Labute approximate surface area is 180 Å².